The molecule has 0 bridgehead atoms. The lowest BCUT2D eigenvalue weighted by atomic mass is 10.0. The van der Waals surface area contributed by atoms with Crippen LogP contribution in [-0.4, -0.2) is 80.7 Å². The first-order chi connectivity index (χ1) is 9.22. The monoisotopic (exact) mass is 273 g/mol. The molecule has 1 saturated heterocycles. The number of aliphatic hydroxyl groups excluding tert-OH is 1. The fraction of sp³-hybridized carbons (Fsp3) is 0.929. The number of carbonyl (C=O) groups is 1. The Morgan fingerprint density at radius 2 is 2.00 bits per heavy atom. The highest BCUT2D eigenvalue weighted by atomic mass is 16.2. The van der Waals surface area contributed by atoms with Gasteiger partial charge in [0.05, 0.1) is 6.04 Å². The molecule has 1 aliphatic heterocycles. The van der Waals surface area contributed by atoms with Crippen LogP contribution in [0.4, 0.5) is 0 Å². The molecule has 0 saturated carbocycles. The summed E-state index contributed by atoms with van der Waals surface area (Å²) >= 11 is 0. The quantitative estimate of drug-likeness (QED) is 0.649. The third-order valence-electron chi connectivity index (χ3n) is 3.64. The van der Waals surface area contributed by atoms with Gasteiger partial charge in [0.2, 0.25) is 0 Å². The molecule has 2 N–H and O–H groups in total. The summed E-state index contributed by atoms with van der Waals surface area (Å²) in [4.78, 5) is 16.0. The van der Waals surface area contributed by atoms with Gasteiger partial charge in [0.15, 0.2) is 0 Å². The first kappa shape index (κ1) is 18.5. The first-order valence-electron chi connectivity index (χ1n) is 7.21. The van der Waals surface area contributed by atoms with Crippen molar-refractivity contribution >= 4 is 6.29 Å². The number of aldehydes is 1. The Bertz CT molecular complexity index is 219. The molecule has 0 radical (unpaired) electrons. The molecule has 1 atom stereocenters. The van der Waals surface area contributed by atoms with Crippen LogP contribution in [0.3, 0.4) is 0 Å². The summed E-state index contributed by atoms with van der Waals surface area (Å²) in [6.45, 7) is 6.27. The van der Waals surface area contributed by atoms with Crippen molar-refractivity contribution in [1.29, 1.82) is 0 Å². The van der Waals surface area contributed by atoms with E-state index in [4.69, 9.17) is 5.11 Å². The summed E-state index contributed by atoms with van der Waals surface area (Å²) in [6, 6.07) is 0.614. The first-order valence-corrected chi connectivity index (χ1v) is 7.21. The second-order valence-electron chi connectivity index (χ2n) is 5.03. The zero-order chi connectivity index (χ0) is 14.7. The summed E-state index contributed by atoms with van der Waals surface area (Å²) in [7, 11) is 5.08. The van der Waals surface area contributed by atoms with E-state index in [0.717, 1.165) is 46.0 Å². The second kappa shape index (κ2) is 11.3. The normalized spacial score (nSPS) is 18.8. The van der Waals surface area contributed by atoms with Gasteiger partial charge in [0.25, 0.3) is 0 Å². The molecule has 1 heterocycles. The Kier molecular flexibility index (Phi) is 11.1. The van der Waals surface area contributed by atoms with Gasteiger partial charge in [-0.25, -0.2) is 0 Å². The fourth-order valence-corrected chi connectivity index (χ4v) is 2.66. The van der Waals surface area contributed by atoms with Crippen molar-refractivity contribution in [2.75, 3.05) is 47.4 Å². The van der Waals surface area contributed by atoms with E-state index in [2.05, 4.69) is 29.1 Å². The number of likely N-dealkylation sites (tertiary alicyclic amines) is 1. The minimum absolute atomic E-state index is 0.0355. The SMILES string of the molecule is CCCN(C(C=O)CNC)C1CCN(C)CC1.CO. The second-order valence-corrected chi connectivity index (χ2v) is 5.03. The van der Waals surface area contributed by atoms with Gasteiger partial charge in [-0.15, -0.1) is 0 Å². The summed E-state index contributed by atoms with van der Waals surface area (Å²) in [5.74, 6) is 0. The number of nitrogens with zero attached hydrogens (tertiary/aromatic N) is 2. The molecule has 0 amide bonds. The maximum atomic E-state index is 11.2. The topological polar surface area (TPSA) is 55.8 Å². The molecule has 1 aliphatic rings. The average molecular weight is 273 g/mol. The van der Waals surface area contributed by atoms with Crippen LogP contribution in [0.25, 0.3) is 0 Å². The molecule has 1 fully saturated rings. The van der Waals surface area contributed by atoms with E-state index in [0.29, 0.717) is 6.04 Å². The molecule has 19 heavy (non-hydrogen) atoms. The van der Waals surface area contributed by atoms with Crippen molar-refractivity contribution < 1.29 is 9.90 Å². The van der Waals surface area contributed by atoms with Crippen LogP contribution in [0, 0.1) is 0 Å². The Hall–Kier alpha value is -0.490. The summed E-state index contributed by atoms with van der Waals surface area (Å²) in [5, 5.41) is 10.1. The van der Waals surface area contributed by atoms with Crippen LogP contribution in [0.5, 0.6) is 0 Å². The highest BCUT2D eigenvalue weighted by molar-refractivity contribution is 5.58. The van der Waals surface area contributed by atoms with Gasteiger partial charge in [0.1, 0.15) is 6.29 Å². The molecule has 5 heteroatoms. The third-order valence-corrected chi connectivity index (χ3v) is 3.64. The minimum Gasteiger partial charge on any atom is -0.400 e. The molecule has 0 aliphatic carbocycles. The molecule has 0 aromatic rings. The highest BCUT2D eigenvalue weighted by Crippen LogP contribution is 2.17. The smallest absolute Gasteiger partial charge is 0.138 e. The molecule has 1 unspecified atom stereocenters. The standard InChI is InChI=1S/C13H27N3O.CH4O/c1-4-7-16(13(11-17)10-14-2)12-5-8-15(3)9-6-12;1-2/h11-14H,4-10H2,1-3H3;2H,1H3. The van der Waals surface area contributed by atoms with Gasteiger partial charge in [-0.2, -0.15) is 0 Å². The number of hydrogen-bond acceptors (Lipinski definition) is 5. The van der Waals surface area contributed by atoms with Crippen LogP contribution in [0.2, 0.25) is 0 Å². The van der Waals surface area contributed by atoms with Crippen LogP contribution in [0.1, 0.15) is 26.2 Å². The number of nitrogens with one attached hydrogen (secondary N) is 1. The molecule has 1 rings (SSSR count). The summed E-state index contributed by atoms with van der Waals surface area (Å²) < 4.78 is 0. The molecule has 0 aromatic heterocycles. The van der Waals surface area contributed by atoms with E-state index in [9.17, 15) is 4.79 Å². The van der Waals surface area contributed by atoms with Crippen molar-refractivity contribution in [1.82, 2.24) is 15.1 Å². The lowest BCUT2D eigenvalue weighted by molar-refractivity contribution is -0.113. The average Bonchev–Trinajstić information content (AvgIpc) is 2.46. The largest absolute Gasteiger partial charge is 0.400 e. The molecule has 0 aromatic carbocycles. The summed E-state index contributed by atoms with van der Waals surface area (Å²) in [6.07, 6.45) is 4.58. The van der Waals surface area contributed by atoms with E-state index in [-0.39, 0.29) is 6.04 Å². The Balaban J connectivity index is 0.00000154. The maximum Gasteiger partial charge on any atom is 0.138 e. The van der Waals surface area contributed by atoms with Crippen LogP contribution in [0.15, 0.2) is 0 Å². The minimum atomic E-state index is 0.0355. The van der Waals surface area contributed by atoms with Crippen molar-refractivity contribution in [3.05, 3.63) is 0 Å². The van der Waals surface area contributed by atoms with Gasteiger partial charge < -0.3 is 20.1 Å². The lowest BCUT2D eigenvalue weighted by Crippen LogP contribution is -2.52. The highest BCUT2D eigenvalue weighted by Gasteiger charge is 2.27. The lowest BCUT2D eigenvalue weighted by Gasteiger charge is -2.40. The maximum absolute atomic E-state index is 11.2. The van der Waals surface area contributed by atoms with E-state index in [1.165, 1.54) is 12.8 Å². The molecular formula is C14H31N3O2. The predicted molar refractivity (Wildman–Crippen MR) is 79.4 cm³/mol. The van der Waals surface area contributed by atoms with E-state index >= 15 is 0 Å². The van der Waals surface area contributed by atoms with Crippen LogP contribution in [-0.2, 0) is 4.79 Å². The van der Waals surface area contributed by atoms with Gasteiger partial charge in [0, 0.05) is 19.7 Å². The Labute approximate surface area is 118 Å². The Morgan fingerprint density at radius 3 is 2.42 bits per heavy atom. The zero-order valence-corrected chi connectivity index (χ0v) is 12.9. The van der Waals surface area contributed by atoms with E-state index in [1.54, 1.807) is 0 Å². The van der Waals surface area contributed by atoms with Crippen molar-refractivity contribution in [2.24, 2.45) is 0 Å². The van der Waals surface area contributed by atoms with Gasteiger partial charge >= 0.3 is 0 Å². The number of likely N-dealkylation sites (N-methyl/N-ethyl adjacent to an activating group) is 1. The van der Waals surface area contributed by atoms with Crippen LogP contribution >= 0.6 is 0 Å². The van der Waals surface area contributed by atoms with Crippen molar-refractivity contribution in [3.8, 4) is 0 Å². The number of rotatable bonds is 7. The zero-order valence-electron chi connectivity index (χ0n) is 12.9. The molecule has 114 valence electrons. The number of aliphatic hydroxyl groups is 1. The molecule has 0 spiro atoms. The van der Waals surface area contributed by atoms with Gasteiger partial charge in [-0.3, -0.25) is 4.90 Å². The predicted octanol–water partition coefficient (Wildman–Crippen LogP) is 0.188. The van der Waals surface area contributed by atoms with E-state index < -0.39 is 0 Å². The van der Waals surface area contributed by atoms with Gasteiger partial charge in [-0.1, -0.05) is 6.92 Å². The van der Waals surface area contributed by atoms with Crippen LogP contribution < -0.4 is 5.32 Å². The van der Waals surface area contributed by atoms with Crippen molar-refractivity contribution in [2.45, 2.75) is 38.3 Å². The van der Waals surface area contributed by atoms with Gasteiger partial charge in [-0.05, 0) is 53.0 Å². The number of piperidine rings is 1. The summed E-state index contributed by atoms with van der Waals surface area (Å²) in [5.41, 5.74) is 0. The fourth-order valence-electron chi connectivity index (χ4n) is 2.66. The van der Waals surface area contributed by atoms with E-state index in [1.807, 2.05) is 7.05 Å². The number of carbonyl (C=O) groups excluding carboxylic acids is 1. The van der Waals surface area contributed by atoms with Crippen molar-refractivity contribution in [3.63, 3.8) is 0 Å². The Morgan fingerprint density at radius 1 is 1.42 bits per heavy atom. The number of hydrogen-bond donors (Lipinski definition) is 2. The molecular weight excluding hydrogens is 242 g/mol. The molecule has 5 nitrogen and oxygen atoms in total. The third kappa shape index (κ3) is 6.47.